The Hall–Kier alpha value is -1.02. The summed E-state index contributed by atoms with van der Waals surface area (Å²) in [5.74, 6) is 0. The van der Waals surface area contributed by atoms with Crippen molar-refractivity contribution in [2.75, 3.05) is 18.0 Å². The summed E-state index contributed by atoms with van der Waals surface area (Å²) in [5, 5.41) is 0. The van der Waals surface area contributed by atoms with E-state index in [0.717, 1.165) is 0 Å². The average Bonchev–Trinajstić information content (AvgIpc) is 2.57. The minimum absolute atomic E-state index is 0.124. The fourth-order valence-electron chi connectivity index (χ4n) is 2.47. The maximum absolute atomic E-state index is 6.03. The highest BCUT2D eigenvalue weighted by atomic mass is 15.1. The summed E-state index contributed by atoms with van der Waals surface area (Å²) < 4.78 is 0. The molecule has 1 fully saturated rings. The molecule has 0 bridgehead atoms. The van der Waals surface area contributed by atoms with Crippen molar-refractivity contribution in [2.45, 2.75) is 38.6 Å². The first kappa shape index (κ1) is 11.5. The van der Waals surface area contributed by atoms with Gasteiger partial charge in [0.1, 0.15) is 0 Å². The van der Waals surface area contributed by atoms with Crippen molar-refractivity contribution in [3.05, 3.63) is 29.8 Å². The van der Waals surface area contributed by atoms with Crippen molar-refractivity contribution < 1.29 is 0 Å². The lowest BCUT2D eigenvalue weighted by Crippen LogP contribution is -2.26. The minimum atomic E-state index is 0.124. The van der Waals surface area contributed by atoms with Crippen molar-refractivity contribution in [3.8, 4) is 0 Å². The van der Waals surface area contributed by atoms with E-state index in [2.05, 4.69) is 36.1 Å². The Kier molecular flexibility index (Phi) is 3.83. The van der Waals surface area contributed by atoms with Crippen molar-refractivity contribution in [1.82, 2.24) is 0 Å². The molecule has 1 atom stereocenters. The monoisotopic (exact) mass is 218 g/mol. The van der Waals surface area contributed by atoms with Gasteiger partial charge in [0.15, 0.2) is 0 Å². The Morgan fingerprint density at radius 2 is 1.69 bits per heavy atom. The highest BCUT2D eigenvalue weighted by Gasteiger charge is 2.14. The van der Waals surface area contributed by atoms with Gasteiger partial charge in [0, 0.05) is 24.8 Å². The van der Waals surface area contributed by atoms with Crippen LogP contribution >= 0.6 is 0 Å². The van der Waals surface area contributed by atoms with Crippen LogP contribution < -0.4 is 10.6 Å². The van der Waals surface area contributed by atoms with Crippen molar-refractivity contribution in [1.29, 1.82) is 0 Å². The molecule has 1 aromatic rings. The van der Waals surface area contributed by atoms with E-state index in [1.54, 1.807) is 0 Å². The first-order valence-corrected chi connectivity index (χ1v) is 6.38. The maximum atomic E-state index is 6.03. The predicted molar refractivity (Wildman–Crippen MR) is 69.7 cm³/mol. The van der Waals surface area contributed by atoms with E-state index < -0.39 is 0 Å². The Morgan fingerprint density at radius 1 is 1.06 bits per heavy atom. The summed E-state index contributed by atoms with van der Waals surface area (Å²) in [5.41, 5.74) is 8.66. The van der Waals surface area contributed by atoms with Gasteiger partial charge in [-0.3, -0.25) is 0 Å². The molecule has 2 heteroatoms. The zero-order chi connectivity index (χ0) is 11.4. The second-order valence-electron chi connectivity index (χ2n) is 4.75. The van der Waals surface area contributed by atoms with E-state index in [4.69, 9.17) is 5.73 Å². The fraction of sp³-hybridized carbons (Fsp3) is 0.571. The maximum Gasteiger partial charge on any atom is 0.0414 e. The molecule has 0 aliphatic carbocycles. The molecule has 1 aliphatic heterocycles. The van der Waals surface area contributed by atoms with E-state index in [9.17, 15) is 0 Å². The van der Waals surface area contributed by atoms with Gasteiger partial charge in [-0.2, -0.15) is 0 Å². The van der Waals surface area contributed by atoms with Gasteiger partial charge in [0.2, 0.25) is 0 Å². The van der Waals surface area contributed by atoms with E-state index in [1.165, 1.54) is 50.0 Å². The first-order chi connectivity index (χ1) is 7.79. The van der Waals surface area contributed by atoms with Gasteiger partial charge < -0.3 is 10.6 Å². The third-order valence-corrected chi connectivity index (χ3v) is 3.37. The van der Waals surface area contributed by atoms with Crippen LogP contribution in [0.15, 0.2) is 24.3 Å². The molecule has 2 N–H and O–H groups in total. The predicted octanol–water partition coefficient (Wildman–Crippen LogP) is 3.09. The van der Waals surface area contributed by atoms with E-state index in [1.807, 2.05) is 0 Å². The lowest BCUT2D eigenvalue weighted by Gasteiger charge is -2.26. The molecule has 0 spiro atoms. The lowest BCUT2D eigenvalue weighted by atomic mass is 10.1. The molecule has 16 heavy (non-hydrogen) atoms. The van der Waals surface area contributed by atoms with Crippen LogP contribution in [0.25, 0.3) is 0 Å². The summed E-state index contributed by atoms with van der Waals surface area (Å²) in [6, 6.07) is 8.69. The van der Waals surface area contributed by atoms with Gasteiger partial charge in [0.05, 0.1) is 0 Å². The van der Waals surface area contributed by atoms with Crippen LogP contribution in [0.2, 0.25) is 0 Å². The third-order valence-electron chi connectivity index (χ3n) is 3.37. The van der Waals surface area contributed by atoms with E-state index in [0.29, 0.717) is 0 Å². The van der Waals surface area contributed by atoms with Crippen LogP contribution in [0, 0.1) is 0 Å². The molecule has 88 valence electrons. The Balaban J connectivity index is 2.23. The number of nitrogens with two attached hydrogens (primary N) is 1. The second-order valence-corrected chi connectivity index (χ2v) is 4.75. The summed E-state index contributed by atoms with van der Waals surface area (Å²) >= 11 is 0. The van der Waals surface area contributed by atoms with E-state index >= 15 is 0 Å². The zero-order valence-corrected chi connectivity index (χ0v) is 10.2. The molecule has 0 amide bonds. The number of rotatable bonds is 2. The smallest absolute Gasteiger partial charge is 0.0414 e. The molecular weight excluding hydrogens is 196 g/mol. The van der Waals surface area contributed by atoms with Crippen molar-refractivity contribution in [3.63, 3.8) is 0 Å². The molecule has 1 saturated heterocycles. The quantitative estimate of drug-likeness (QED) is 0.826. The highest BCUT2D eigenvalue weighted by molar-refractivity contribution is 5.54. The van der Waals surface area contributed by atoms with Crippen molar-refractivity contribution >= 4 is 5.69 Å². The average molecular weight is 218 g/mol. The molecule has 0 aromatic heterocycles. The van der Waals surface area contributed by atoms with Gasteiger partial charge in [-0.25, -0.2) is 0 Å². The third kappa shape index (κ3) is 2.56. The largest absolute Gasteiger partial charge is 0.371 e. The highest BCUT2D eigenvalue weighted by Crippen LogP contribution is 2.27. The van der Waals surface area contributed by atoms with Crippen LogP contribution in [-0.4, -0.2) is 13.1 Å². The number of nitrogens with zero attached hydrogens (tertiary/aromatic N) is 1. The molecule has 0 saturated carbocycles. The summed E-state index contributed by atoms with van der Waals surface area (Å²) in [4.78, 5) is 2.51. The molecular formula is C14H22N2. The lowest BCUT2D eigenvalue weighted by molar-refractivity contribution is 0.726. The Bertz CT molecular complexity index is 325. The summed E-state index contributed by atoms with van der Waals surface area (Å²) in [7, 11) is 0. The van der Waals surface area contributed by atoms with Crippen LogP contribution in [0.5, 0.6) is 0 Å². The van der Waals surface area contributed by atoms with Gasteiger partial charge in [-0.05, 0) is 31.4 Å². The number of hydrogen-bond donors (Lipinski definition) is 1. The number of benzene rings is 1. The van der Waals surface area contributed by atoms with Crippen molar-refractivity contribution in [2.24, 2.45) is 5.73 Å². The molecule has 1 aliphatic rings. The zero-order valence-electron chi connectivity index (χ0n) is 10.2. The molecule has 0 radical (unpaired) electrons. The molecule has 2 rings (SSSR count). The first-order valence-electron chi connectivity index (χ1n) is 6.38. The molecule has 0 unspecified atom stereocenters. The SMILES string of the molecule is C[C@H](N)c1ccccc1N1CCCCCC1. The molecule has 1 aromatic carbocycles. The Labute approximate surface area is 98.4 Å². The fourth-order valence-corrected chi connectivity index (χ4v) is 2.47. The standard InChI is InChI=1S/C14H22N2/c1-12(15)13-8-4-5-9-14(13)16-10-6-2-3-7-11-16/h4-5,8-9,12H,2-3,6-7,10-11,15H2,1H3/t12-/m0/s1. The van der Waals surface area contributed by atoms with Gasteiger partial charge in [0.25, 0.3) is 0 Å². The van der Waals surface area contributed by atoms with Crippen LogP contribution in [0.4, 0.5) is 5.69 Å². The van der Waals surface area contributed by atoms with Crippen LogP contribution in [0.1, 0.15) is 44.2 Å². The molecule has 2 nitrogen and oxygen atoms in total. The Morgan fingerprint density at radius 3 is 2.31 bits per heavy atom. The van der Waals surface area contributed by atoms with Crippen LogP contribution in [-0.2, 0) is 0 Å². The van der Waals surface area contributed by atoms with Gasteiger partial charge in [-0.15, -0.1) is 0 Å². The summed E-state index contributed by atoms with van der Waals surface area (Å²) in [6.07, 6.45) is 5.37. The number of anilines is 1. The summed E-state index contributed by atoms with van der Waals surface area (Å²) in [6.45, 7) is 4.43. The topological polar surface area (TPSA) is 29.3 Å². The second kappa shape index (κ2) is 5.35. The molecule has 1 heterocycles. The van der Waals surface area contributed by atoms with Crippen LogP contribution in [0.3, 0.4) is 0 Å². The number of hydrogen-bond acceptors (Lipinski definition) is 2. The van der Waals surface area contributed by atoms with Gasteiger partial charge >= 0.3 is 0 Å². The van der Waals surface area contributed by atoms with E-state index in [-0.39, 0.29) is 6.04 Å². The minimum Gasteiger partial charge on any atom is -0.371 e. The number of para-hydroxylation sites is 1. The normalized spacial score (nSPS) is 19.2. The van der Waals surface area contributed by atoms with Gasteiger partial charge in [-0.1, -0.05) is 31.0 Å².